The first-order valence-electron chi connectivity index (χ1n) is 7.91. The molecule has 22 heavy (non-hydrogen) atoms. The normalized spacial score (nSPS) is 18.7. The van der Waals surface area contributed by atoms with E-state index in [1.165, 1.54) is 7.11 Å². The molecule has 0 saturated carbocycles. The lowest BCUT2D eigenvalue weighted by atomic mass is 9.93. The molecule has 0 bridgehead atoms. The zero-order chi connectivity index (χ0) is 16.5. The van der Waals surface area contributed by atoms with E-state index in [9.17, 15) is 4.79 Å². The Morgan fingerprint density at radius 1 is 1.32 bits per heavy atom. The molecule has 122 valence electrons. The fourth-order valence-electron chi connectivity index (χ4n) is 2.49. The third-order valence-electron chi connectivity index (χ3n) is 4.87. The van der Waals surface area contributed by atoms with Gasteiger partial charge in [0.1, 0.15) is 5.69 Å². The highest BCUT2D eigenvalue weighted by atomic mass is 28.4. The van der Waals surface area contributed by atoms with Gasteiger partial charge < -0.3 is 9.16 Å². The molecule has 0 spiro atoms. The van der Waals surface area contributed by atoms with Crippen LogP contribution < -0.4 is 0 Å². The molecular formula is C17H27NO3Si. The van der Waals surface area contributed by atoms with Crippen LogP contribution >= 0.6 is 0 Å². The number of carbonyl (C=O) groups excluding carboxylic acids is 1. The van der Waals surface area contributed by atoms with E-state index in [4.69, 9.17) is 9.16 Å². The van der Waals surface area contributed by atoms with Crippen LogP contribution in [-0.4, -0.2) is 26.4 Å². The summed E-state index contributed by atoms with van der Waals surface area (Å²) >= 11 is 0. The highest BCUT2D eigenvalue weighted by Gasteiger charge is 2.40. The molecule has 1 aromatic rings. The van der Waals surface area contributed by atoms with Crippen molar-refractivity contribution in [3.8, 4) is 0 Å². The predicted molar refractivity (Wildman–Crippen MR) is 89.5 cm³/mol. The van der Waals surface area contributed by atoms with Crippen molar-refractivity contribution in [1.29, 1.82) is 0 Å². The van der Waals surface area contributed by atoms with Crippen molar-refractivity contribution < 1.29 is 14.0 Å². The van der Waals surface area contributed by atoms with Gasteiger partial charge in [0.05, 0.1) is 13.2 Å². The molecule has 0 amide bonds. The van der Waals surface area contributed by atoms with Crippen molar-refractivity contribution in [2.45, 2.75) is 64.3 Å². The van der Waals surface area contributed by atoms with Crippen molar-refractivity contribution in [3.63, 3.8) is 0 Å². The number of carbonyl (C=O) groups is 1. The van der Waals surface area contributed by atoms with Crippen LogP contribution in [0.3, 0.4) is 0 Å². The summed E-state index contributed by atoms with van der Waals surface area (Å²) in [4.78, 5) is 16.1. The molecular weight excluding hydrogens is 294 g/mol. The van der Waals surface area contributed by atoms with E-state index in [2.05, 4.69) is 38.8 Å². The Bertz CT molecular complexity index is 564. The lowest BCUT2D eigenvalue weighted by molar-refractivity contribution is 0.0593. The standard InChI is InChI=1S/C17H27NO3Si/c1-17(2,3)22(5,6)21-15-9-7-8-13-12(15)10-11-14(18-13)16(19)20-4/h10-11,15H,7-9H2,1-6H3. The van der Waals surface area contributed by atoms with Gasteiger partial charge in [0, 0.05) is 11.3 Å². The van der Waals surface area contributed by atoms with E-state index in [0.29, 0.717) is 5.69 Å². The van der Waals surface area contributed by atoms with Crippen molar-refractivity contribution in [1.82, 2.24) is 4.98 Å². The number of aromatic nitrogens is 1. The highest BCUT2D eigenvalue weighted by Crippen LogP contribution is 2.42. The van der Waals surface area contributed by atoms with Gasteiger partial charge in [-0.15, -0.1) is 0 Å². The summed E-state index contributed by atoms with van der Waals surface area (Å²) < 4.78 is 11.3. The molecule has 1 aliphatic carbocycles. The third kappa shape index (κ3) is 3.41. The summed E-state index contributed by atoms with van der Waals surface area (Å²) in [6.07, 6.45) is 3.07. The predicted octanol–water partition coefficient (Wildman–Crippen LogP) is 4.27. The molecule has 2 rings (SSSR count). The highest BCUT2D eigenvalue weighted by molar-refractivity contribution is 6.74. The fourth-order valence-corrected chi connectivity index (χ4v) is 3.80. The summed E-state index contributed by atoms with van der Waals surface area (Å²) in [5, 5.41) is 0.185. The summed E-state index contributed by atoms with van der Waals surface area (Å²) in [7, 11) is -0.441. The van der Waals surface area contributed by atoms with E-state index in [1.54, 1.807) is 6.07 Å². The lowest BCUT2D eigenvalue weighted by Gasteiger charge is -2.40. The molecule has 1 aliphatic rings. The van der Waals surface area contributed by atoms with Gasteiger partial charge in [-0.05, 0) is 43.5 Å². The monoisotopic (exact) mass is 321 g/mol. The summed E-state index contributed by atoms with van der Waals surface area (Å²) in [5.41, 5.74) is 2.51. The second kappa shape index (κ2) is 6.12. The van der Waals surface area contributed by atoms with Crippen LogP contribution in [-0.2, 0) is 15.6 Å². The number of pyridine rings is 1. The summed E-state index contributed by atoms with van der Waals surface area (Å²) in [6.45, 7) is 11.3. The maximum Gasteiger partial charge on any atom is 0.356 e. The van der Waals surface area contributed by atoms with Crippen molar-refractivity contribution in [2.75, 3.05) is 7.11 Å². The molecule has 1 aromatic heterocycles. The Hall–Kier alpha value is -1.20. The topological polar surface area (TPSA) is 48.4 Å². The Balaban J connectivity index is 2.28. The van der Waals surface area contributed by atoms with Gasteiger partial charge in [-0.2, -0.15) is 0 Å². The first-order chi connectivity index (χ1) is 10.2. The van der Waals surface area contributed by atoms with Gasteiger partial charge in [0.25, 0.3) is 0 Å². The number of ether oxygens (including phenoxy) is 1. The Morgan fingerprint density at radius 3 is 2.59 bits per heavy atom. The number of nitrogens with zero attached hydrogens (tertiary/aromatic N) is 1. The van der Waals surface area contributed by atoms with Gasteiger partial charge in [-0.1, -0.05) is 26.8 Å². The number of methoxy groups -OCH3 is 1. The van der Waals surface area contributed by atoms with Crippen LogP contribution in [0.1, 0.15) is 61.5 Å². The molecule has 0 aliphatic heterocycles. The molecule has 0 N–H and O–H groups in total. The molecule has 0 fully saturated rings. The smallest absolute Gasteiger partial charge is 0.356 e. The molecule has 0 aromatic carbocycles. The van der Waals surface area contributed by atoms with Gasteiger partial charge >= 0.3 is 5.97 Å². The number of rotatable bonds is 3. The second-order valence-electron chi connectivity index (χ2n) is 7.48. The minimum atomic E-state index is -1.82. The summed E-state index contributed by atoms with van der Waals surface area (Å²) in [5.74, 6) is -0.379. The SMILES string of the molecule is COC(=O)c1ccc2c(n1)CCCC2O[Si](C)(C)C(C)(C)C. The zero-order valence-electron chi connectivity index (χ0n) is 14.5. The van der Waals surface area contributed by atoms with Crippen molar-refractivity contribution >= 4 is 14.3 Å². The fraction of sp³-hybridized carbons (Fsp3) is 0.647. The Morgan fingerprint density at radius 2 is 2.00 bits per heavy atom. The van der Waals surface area contributed by atoms with Crippen molar-refractivity contribution in [3.05, 3.63) is 29.1 Å². The van der Waals surface area contributed by atoms with Gasteiger partial charge in [-0.25, -0.2) is 9.78 Å². The van der Waals surface area contributed by atoms with Crippen molar-refractivity contribution in [2.24, 2.45) is 0 Å². The molecule has 1 heterocycles. The van der Waals surface area contributed by atoms with Gasteiger partial charge in [-0.3, -0.25) is 0 Å². The van der Waals surface area contributed by atoms with Gasteiger partial charge in [0.15, 0.2) is 8.32 Å². The third-order valence-corrected chi connectivity index (χ3v) is 9.36. The van der Waals surface area contributed by atoms with Crippen LogP contribution in [0.4, 0.5) is 0 Å². The summed E-state index contributed by atoms with van der Waals surface area (Å²) in [6, 6.07) is 3.74. The van der Waals surface area contributed by atoms with Crippen LogP contribution in [0.15, 0.2) is 12.1 Å². The first kappa shape index (κ1) is 17.2. The van der Waals surface area contributed by atoms with E-state index in [0.717, 1.165) is 30.5 Å². The lowest BCUT2D eigenvalue weighted by Crippen LogP contribution is -2.42. The molecule has 0 radical (unpaired) electrons. The second-order valence-corrected chi connectivity index (χ2v) is 12.2. The molecule has 1 atom stereocenters. The Labute approximate surface area is 134 Å². The van der Waals surface area contributed by atoms with Crippen LogP contribution in [0.2, 0.25) is 18.1 Å². The number of hydrogen-bond donors (Lipinski definition) is 0. The number of aryl methyl sites for hydroxylation is 1. The van der Waals surface area contributed by atoms with E-state index in [-0.39, 0.29) is 17.1 Å². The number of hydrogen-bond acceptors (Lipinski definition) is 4. The van der Waals surface area contributed by atoms with Crippen LogP contribution in [0, 0.1) is 0 Å². The van der Waals surface area contributed by atoms with E-state index in [1.807, 2.05) is 6.07 Å². The average Bonchev–Trinajstić information content (AvgIpc) is 2.44. The maximum absolute atomic E-state index is 11.6. The molecule has 0 saturated heterocycles. The van der Waals surface area contributed by atoms with Gasteiger partial charge in [0.2, 0.25) is 0 Å². The zero-order valence-corrected chi connectivity index (χ0v) is 15.5. The molecule has 5 heteroatoms. The average molecular weight is 321 g/mol. The molecule has 1 unspecified atom stereocenters. The number of fused-ring (bicyclic) bond motifs is 1. The maximum atomic E-state index is 11.6. The van der Waals surface area contributed by atoms with E-state index < -0.39 is 8.32 Å². The number of esters is 1. The largest absolute Gasteiger partial charge is 0.464 e. The Kier molecular flexibility index (Phi) is 4.78. The molecule has 4 nitrogen and oxygen atoms in total. The van der Waals surface area contributed by atoms with Crippen LogP contribution in [0.5, 0.6) is 0 Å². The van der Waals surface area contributed by atoms with E-state index >= 15 is 0 Å². The minimum absolute atomic E-state index is 0.101. The quantitative estimate of drug-likeness (QED) is 0.616. The first-order valence-corrected chi connectivity index (χ1v) is 10.8. The van der Waals surface area contributed by atoms with Crippen LogP contribution in [0.25, 0.3) is 0 Å². The minimum Gasteiger partial charge on any atom is -0.464 e.